The molecule has 0 saturated heterocycles. The lowest BCUT2D eigenvalue weighted by molar-refractivity contribution is -0.115. The molecule has 0 aliphatic carbocycles. The average molecular weight is 120 g/mol. The second kappa shape index (κ2) is 1.31. The van der Waals surface area contributed by atoms with Crippen LogP contribution in [0.1, 0.15) is 0 Å². The van der Waals surface area contributed by atoms with Crippen LogP contribution in [0.3, 0.4) is 0 Å². The van der Waals surface area contributed by atoms with Crippen molar-refractivity contribution in [3.63, 3.8) is 0 Å². The number of allylic oxidation sites excluding steroid dienone is 1. The number of rotatable bonds is 0. The standard InChI is InChI=1S/C6H4N2O/c9-6-3-5-4(8-6)1-2-7-5/h1-3H,(H,8,9). The molecule has 0 bridgehead atoms. The molecule has 1 amide bonds. The lowest BCUT2D eigenvalue weighted by Gasteiger charge is -1.90. The van der Waals surface area contributed by atoms with Crippen LogP contribution < -0.4 is 5.32 Å². The van der Waals surface area contributed by atoms with E-state index in [0.29, 0.717) is 0 Å². The second-order valence-electron chi connectivity index (χ2n) is 1.88. The van der Waals surface area contributed by atoms with Gasteiger partial charge in [0.25, 0.3) is 5.91 Å². The van der Waals surface area contributed by atoms with Crippen LogP contribution in [-0.2, 0) is 4.79 Å². The molecule has 0 aromatic rings. The first-order valence-corrected chi connectivity index (χ1v) is 2.64. The summed E-state index contributed by atoms with van der Waals surface area (Å²) < 4.78 is 0. The first kappa shape index (κ1) is 4.49. The summed E-state index contributed by atoms with van der Waals surface area (Å²) >= 11 is 0. The van der Waals surface area contributed by atoms with E-state index in [2.05, 4.69) is 10.3 Å². The van der Waals surface area contributed by atoms with Crippen molar-refractivity contribution in [3.05, 3.63) is 23.5 Å². The minimum atomic E-state index is -0.0758. The Balaban J connectivity index is 2.51. The van der Waals surface area contributed by atoms with Crippen molar-refractivity contribution < 1.29 is 4.79 Å². The molecular formula is C6H4N2O. The summed E-state index contributed by atoms with van der Waals surface area (Å²) in [5.74, 6) is -0.0758. The van der Waals surface area contributed by atoms with Crippen molar-refractivity contribution >= 4 is 12.1 Å². The monoisotopic (exact) mass is 120 g/mol. The topological polar surface area (TPSA) is 41.5 Å². The van der Waals surface area contributed by atoms with Gasteiger partial charge in [-0.15, -0.1) is 0 Å². The zero-order valence-corrected chi connectivity index (χ0v) is 4.59. The van der Waals surface area contributed by atoms with Crippen molar-refractivity contribution in [2.24, 2.45) is 4.99 Å². The number of hydrogen-bond acceptors (Lipinski definition) is 2. The van der Waals surface area contributed by atoms with Gasteiger partial charge in [-0.25, -0.2) is 0 Å². The number of carbonyl (C=O) groups excluding carboxylic acids is 1. The molecule has 1 N–H and O–H groups in total. The zero-order valence-electron chi connectivity index (χ0n) is 4.59. The number of nitrogens with one attached hydrogen (secondary N) is 1. The van der Waals surface area contributed by atoms with Gasteiger partial charge in [-0.3, -0.25) is 9.79 Å². The van der Waals surface area contributed by atoms with Gasteiger partial charge >= 0.3 is 0 Å². The molecule has 0 radical (unpaired) electrons. The van der Waals surface area contributed by atoms with Crippen LogP contribution in [0.5, 0.6) is 0 Å². The van der Waals surface area contributed by atoms with Crippen LogP contribution in [0.2, 0.25) is 0 Å². The number of nitrogens with zero attached hydrogens (tertiary/aromatic N) is 1. The van der Waals surface area contributed by atoms with E-state index in [4.69, 9.17) is 0 Å². The van der Waals surface area contributed by atoms with Crippen molar-refractivity contribution in [1.82, 2.24) is 5.32 Å². The summed E-state index contributed by atoms with van der Waals surface area (Å²) in [7, 11) is 0. The molecule has 0 aromatic carbocycles. The Kier molecular flexibility index (Phi) is 0.656. The van der Waals surface area contributed by atoms with Crippen LogP contribution in [0, 0.1) is 0 Å². The Hall–Kier alpha value is -1.38. The highest BCUT2D eigenvalue weighted by atomic mass is 16.1. The third kappa shape index (κ3) is 0.512. The third-order valence-electron chi connectivity index (χ3n) is 1.26. The van der Waals surface area contributed by atoms with E-state index in [-0.39, 0.29) is 5.91 Å². The van der Waals surface area contributed by atoms with Crippen molar-refractivity contribution in [3.8, 4) is 0 Å². The Bertz CT molecular complexity index is 260. The number of amides is 1. The fourth-order valence-electron chi connectivity index (χ4n) is 0.861. The molecule has 44 valence electrons. The van der Waals surface area contributed by atoms with E-state index in [1.165, 1.54) is 6.08 Å². The number of carbonyl (C=O) groups is 1. The maximum absolute atomic E-state index is 10.6. The highest BCUT2D eigenvalue weighted by Crippen LogP contribution is 2.17. The summed E-state index contributed by atoms with van der Waals surface area (Å²) in [5.41, 5.74) is 1.57. The first-order valence-electron chi connectivity index (χ1n) is 2.64. The lowest BCUT2D eigenvalue weighted by atomic mass is 10.4. The highest BCUT2D eigenvalue weighted by molar-refractivity contribution is 5.98. The quantitative estimate of drug-likeness (QED) is 0.479. The lowest BCUT2D eigenvalue weighted by Crippen LogP contribution is -2.12. The van der Waals surface area contributed by atoms with Gasteiger partial charge < -0.3 is 5.32 Å². The molecule has 2 aliphatic rings. The maximum atomic E-state index is 10.6. The van der Waals surface area contributed by atoms with Crippen molar-refractivity contribution in [2.45, 2.75) is 0 Å². The molecule has 2 aliphatic heterocycles. The average Bonchev–Trinajstić information content (AvgIpc) is 2.22. The van der Waals surface area contributed by atoms with Crippen LogP contribution >= 0.6 is 0 Å². The van der Waals surface area contributed by atoms with Crippen LogP contribution in [0.15, 0.2) is 28.5 Å². The highest BCUT2D eigenvalue weighted by Gasteiger charge is 2.17. The molecule has 0 spiro atoms. The predicted octanol–water partition coefficient (Wildman–Crippen LogP) is -0.0316. The Morgan fingerprint density at radius 3 is 3.22 bits per heavy atom. The van der Waals surface area contributed by atoms with Crippen LogP contribution in [-0.4, -0.2) is 12.1 Å². The van der Waals surface area contributed by atoms with Gasteiger partial charge in [0.1, 0.15) is 0 Å². The zero-order chi connectivity index (χ0) is 6.27. The molecule has 0 saturated carbocycles. The van der Waals surface area contributed by atoms with Gasteiger partial charge in [0, 0.05) is 12.3 Å². The van der Waals surface area contributed by atoms with Gasteiger partial charge in [0.15, 0.2) is 0 Å². The van der Waals surface area contributed by atoms with Crippen molar-refractivity contribution in [1.29, 1.82) is 0 Å². The fraction of sp³-hybridized carbons (Fsp3) is 0. The Morgan fingerprint density at radius 1 is 1.56 bits per heavy atom. The molecule has 0 atom stereocenters. The number of hydrogen-bond donors (Lipinski definition) is 1. The van der Waals surface area contributed by atoms with Gasteiger partial charge in [-0.2, -0.15) is 0 Å². The largest absolute Gasteiger partial charge is 0.320 e. The second-order valence-corrected chi connectivity index (χ2v) is 1.88. The third-order valence-corrected chi connectivity index (χ3v) is 1.26. The minimum Gasteiger partial charge on any atom is -0.320 e. The molecule has 3 heteroatoms. The van der Waals surface area contributed by atoms with E-state index in [1.807, 2.05) is 0 Å². The number of fused-ring (bicyclic) bond motifs is 1. The van der Waals surface area contributed by atoms with Gasteiger partial charge in [0.2, 0.25) is 0 Å². The van der Waals surface area contributed by atoms with E-state index in [9.17, 15) is 4.79 Å². The Morgan fingerprint density at radius 2 is 2.44 bits per heavy atom. The van der Waals surface area contributed by atoms with Crippen LogP contribution in [0.4, 0.5) is 0 Å². The summed E-state index contributed by atoms with van der Waals surface area (Å²) in [5, 5.41) is 2.62. The minimum absolute atomic E-state index is 0.0758. The summed E-state index contributed by atoms with van der Waals surface area (Å²) in [6.07, 6.45) is 4.92. The molecule has 0 aromatic heterocycles. The smallest absolute Gasteiger partial charge is 0.250 e. The first-order chi connectivity index (χ1) is 4.36. The van der Waals surface area contributed by atoms with Gasteiger partial charge in [0.05, 0.1) is 11.4 Å². The van der Waals surface area contributed by atoms with Crippen molar-refractivity contribution in [2.75, 3.05) is 0 Å². The van der Waals surface area contributed by atoms with E-state index >= 15 is 0 Å². The normalized spacial score (nSPS) is 21.1. The summed E-state index contributed by atoms with van der Waals surface area (Å²) in [6, 6.07) is 0. The predicted molar refractivity (Wildman–Crippen MR) is 32.8 cm³/mol. The molecule has 9 heavy (non-hydrogen) atoms. The molecule has 0 unspecified atom stereocenters. The summed E-state index contributed by atoms with van der Waals surface area (Å²) in [6.45, 7) is 0. The van der Waals surface area contributed by atoms with E-state index in [1.54, 1.807) is 12.3 Å². The maximum Gasteiger partial charge on any atom is 0.250 e. The van der Waals surface area contributed by atoms with Gasteiger partial charge in [-0.05, 0) is 6.08 Å². The number of aliphatic imine (C=N–C) groups is 1. The van der Waals surface area contributed by atoms with Gasteiger partial charge in [-0.1, -0.05) is 0 Å². The summed E-state index contributed by atoms with van der Waals surface area (Å²) in [4.78, 5) is 14.5. The fourth-order valence-corrected chi connectivity index (χ4v) is 0.861. The Labute approximate surface area is 51.8 Å². The molecule has 3 nitrogen and oxygen atoms in total. The van der Waals surface area contributed by atoms with E-state index < -0.39 is 0 Å². The SMILES string of the molecule is O=C1C=C2N=CC=C2N1. The molecular weight excluding hydrogens is 116 g/mol. The molecule has 2 rings (SSSR count). The van der Waals surface area contributed by atoms with Crippen LogP contribution in [0.25, 0.3) is 0 Å². The molecule has 0 fully saturated rings. The molecule has 2 heterocycles. The van der Waals surface area contributed by atoms with E-state index in [0.717, 1.165) is 11.4 Å².